The quantitative estimate of drug-likeness (QED) is 0.798. The molecule has 0 aliphatic carbocycles. The normalized spacial score (nSPS) is 27.4. The number of morpholine rings is 1. The molecule has 0 saturated carbocycles. The number of anilines is 1. The number of nitrogens with zero attached hydrogens (tertiary/aromatic N) is 1. The maximum absolute atomic E-state index is 14.1. The Kier molecular flexibility index (Phi) is 5.03. The summed E-state index contributed by atoms with van der Waals surface area (Å²) in [6.45, 7) is 1.13. The Hall–Kier alpha value is -2.42. The van der Waals surface area contributed by atoms with Crippen LogP contribution in [0.25, 0.3) is 0 Å². The Labute approximate surface area is 143 Å². The highest BCUT2D eigenvalue weighted by Crippen LogP contribution is 2.30. The molecule has 136 valence electrons. The summed E-state index contributed by atoms with van der Waals surface area (Å²) in [4.78, 5) is 23.8. The minimum atomic E-state index is -1.61. The first kappa shape index (κ1) is 17.4. The second-order valence-corrected chi connectivity index (χ2v) is 5.91. The summed E-state index contributed by atoms with van der Waals surface area (Å²) >= 11 is 0. The van der Waals surface area contributed by atoms with E-state index in [2.05, 4.69) is 10.6 Å². The number of alkyl carbamates (subject to hydrolysis) is 1. The molecular formula is C16H19F2N3O4. The Bertz CT molecular complexity index is 650. The number of ether oxygens (including phenoxy) is 2. The van der Waals surface area contributed by atoms with Crippen LogP contribution in [0.15, 0.2) is 24.3 Å². The molecule has 1 aromatic rings. The van der Waals surface area contributed by atoms with Crippen molar-refractivity contribution in [1.29, 1.82) is 0 Å². The van der Waals surface area contributed by atoms with Crippen LogP contribution in [0.1, 0.15) is 18.5 Å². The standard InChI is InChI=1S/C16H19F2N3O4/c1-9(22)20-15(12-6-19-16(23)25-12)10-3-2-4-11(5-10)21-13(17)7-24-8-14(21)18/h2-5,12-15H,6-8H2,1H3,(H,19,23)(H,20,22). The molecule has 2 N–H and O–H groups in total. The first-order valence-corrected chi connectivity index (χ1v) is 7.91. The Morgan fingerprint density at radius 1 is 1.36 bits per heavy atom. The summed E-state index contributed by atoms with van der Waals surface area (Å²) < 4.78 is 38.2. The summed E-state index contributed by atoms with van der Waals surface area (Å²) in [5.74, 6) is -0.309. The molecule has 2 heterocycles. The molecule has 2 amide bonds. The molecular weight excluding hydrogens is 336 g/mol. The largest absolute Gasteiger partial charge is 0.442 e. The van der Waals surface area contributed by atoms with E-state index in [0.29, 0.717) is 11.3 Å². The van der Waals surface area contributed by atoms with Gasteiger partial charge in [-0.15, -0.1) is 0 Å². The van der Waals surface area contributed by atoms with Crippen LogP contribution in [0.3, 0.4) is 0 Å². The van der Waals surface area contributed by atoms with Crippen LogP contribution in [-0.2, 0) is 14.3 Å². The fraction of sp³-hybridized carbons (Fsp3) is 0.500. The molecule has 0 radical (unpaired) electrons. The van der Waals surface area contributed by atoms with Gasteiger partial charge >= 0.3 is 6.09 Å². The summed E-state index contributed by atoms with van der Waals surface area (Å²) in [6, 6.07) is 5.87. The van der Waals surface area contributed by atoms with Gasteiger partial charge in [0.15, 0.2) is 12.6 Å². The molecule has 7 nitrogen and oxygen atoms in total. The first-order valence-electron chi connectivity index (χ1n) is 7.91. The number of rotatable bonds is 4. The number of cyclic esters (lactones) is 1. The predicted octanol–water partition coefficient (Wildman–Crippen LogP) is 1.40. The Balaban J connectivity index is 1.89. The van der Waals surface area contributed by atoms with Crippen molar-refractivity contribution < 1.29 is 27.8 Å². The second kappa shape index (κ2) is 7.22. The van der Waals surface area contributed by atoms with E-state index in [4.69, 9.17) is 9.47 Å². The Morgan fingerprint density at radius 3 is 2.68 bits per heavy atom. The van der Waals surface area contributed by atoms with Gasteiger partial charge in [0, 0.05) is 12.6 Å². The first-order chi connectivity index (χ1) is 12.0. The van der Waals surface area contributed by atoms with Crippen molar-refractivity contribution >= 4 is 17.7 Å². The zero-order chi connectivity index (χ0) is 18.0. The van der Waals surface area contributed by atoms with Crippen LogP contribution >= 0.6 is 0 Å². The number of benzene rings is 1. The fourth-order valence-corrected chi connectivity index (χ4v) is 3.00. The van der Waals surface area contributed by atoms with Crippen molar-refractivity contribution in [2.24, 2.45) is 0 Å². The summed E-state index contributed by atoms with van der Waals surface area (Å²) in [5.41, 5.74) is 0.911. The fourth-order valence-electron chi connectivity index (χ4n) is 3.00. The maximum Gasteiger partial charge on any atom is 0.407 e. The van der Waals surface area contributed by atoms with Gasteiger partial charge < -0.3 is 25.0 Å². The van der Waals surface area contributed by atoms with E-state index in [1.165, 1.54) is 6.92 Å². The molecule has 1 aromatic carbocycles. The minimum absolute atomic E-state index is 0.218. The number of halogens is 2. The van der Waals surface area contributed by atoms with Gasteiger partial charge in [-0.1, -0.05) is 12.1 Å². The van der Waals surface area contributed by atoms with Gasteiger partial charge in [0.1, 0.15) is 6.10 Å². The Morgan fingerprint density at radius 2 is 2.08 bits per heavy atom. The molecule has 4 atom stereocenters. The van der Waals surface area contributed by atoms with E-state index < -0.39 is 30.8 Å². The van der Waals surface area contributed by atoms with Crippen molar-refractivity contribution in [2.75, 3.05) is 24.7 Å². The maximum atomic E-state index is 14.1. The molecule has 0 spiro atoms. The smallest absolute Gasteiger partial charge is 0.407 e. The molecule has 4 unspecified atom stereocenters. The number of hydrogen-bond acceptors (Lipinski definition) is 5. The molecule has 0 aromatic heterocycles. The number of hydrogen-bond donors (Lipinski definition) is 2. The highest BCUT2D eigenvalue weighted by molar-refractivity contribution is 5.74. The second-order valence-electron chi connectivity index (χ2n) is 5.91. The average Bonchev–Trinajstić information content (AvgIpc) is 2.99. The summed E-state index contributed by atoms with van der Waals surface area (Å²) in [5, 5.41) is 5.25. The zero-order valence-electron chi connectivity index (χ0n) is 13.6. The lowest BCUT2D eigenvalue weighted by Crippen LogP contribution is -2.48. The van der Waals surface area contributed by atoms with Gasteiger partial charge in [0.25, 0.3) is 0 Å². The number of carbonyl (C=O) groups is 2. The van der Waals surface area contributed by atoms with Crippen LogP contribution < -0.4 is 15.5 Å². The van der Waals surface area contributed by atoms with Crippen LogP contribution in [0.2, 0.25) is 0 Å². The summed E-state index contributed by atoms with van der Waals surface area (Å²) in [6.07, 6.45) is -4.40. The number of nitrogens with one attached hydrogen (secondary N) is 2. The lowest BCUT2D eigenvalue weighted by Gasteiger charge is -2.35. The van der Waals surface area contributed by atoms with E-state index in [1.807, 2.05) is 0 Å². The molecule has 2 aliphatic rings. The number of carbonyl (C=O) groups excluding carboxylic acids is 2. The average molecular weight is 355 g/mol. The van der Waals surface area contributed by atoms with E-state index in [-0.39, 0.29) is 25.7 Å². The highest BCUT2D eigenvalue weighted by atomic mass is 19.2. The predicted molar refractivity (Wildman–Crippen MR) is 84.4 cm³/mol. The lowest BCUT2D eigenvalue weighted by molar-refractivity contribution is -0.120. The number of amides is 2. The molecule has 3 rings (SSSR count). The van der Waals surface area contributed by atoms with E-state index in [0.717, 1.165) is 4.90 Å². The van der Waals surface area contributed by atoms with Crippen molar-refractivity contribution in [3.05, 3.63) is 29.8 Å². The van der Waals surface area contributed by atoms with Gasteiger partial charge in [-0.3, -0.25) is 4.79 Å². The third-order valence-corrected chi connectivity index (χ3v) is 4.08. The van der Waals surface area contributed by atoms with E-state index >= 15 is 0 Å². The third kappa shape index (κ3) is 3.81. The van der Waals surface area contributed by atoms with Crippen molar-refractivity contribution in [3.8, 4) is 0 Å². The summed E-state index contributed by atoms with van der Waals surface area (Å²) in [7, 11) is 0. The zero-order valence-corrected chi connectivity index (χ0v) is 13.6. The van der Waals surface area contributed by atoms with Gasteiger partial charge in [-0.25, -0.2) is 13.6 Å². The molecule has 25 heavy (non-hydrogen) atoms. The minimum Gasteiger partial charge on any atom is -0.442 e. The van der Waals surface area contributed by atoms with Crippen LogP contribution in [-0.4, -0.2) is 50.5 Å². The van der Waals surface area contributed by atoms with Crippen molar-refractivity contribution in [2.45, 2.75) is 31.7 Å². The van der Waals surface area contributed by atoms with Crippen LogP contribution in [0.4, 0.5) is 19.3 Å². The lowest BCUT2D eigenvalue weighted by atomic mass is 10.00. The van der Waals surface area contributed by atoms with Crippen LogP contribution in [0.5, 0.6) is 0 Å². The van der Waals surface area contributed by atoms with Gasteiger partial charge in [0.05, 0.1) is 25.8 Å². The van der Waals surface area contributed by atoms with Crippen molar-refractivity contribution in [3.63, 3.8) is 0 Å². The number of alkyl halides is 2. The van der Waals surface area contributed by atoms with E-state index in [1.54, 1.807) is 24.3 Å². The molecule has 2 aliphatic heterocycles. The van der Waals surface area contributed by atoms with E-state index in [9.17, 15) is 18.4 Å². The van der Waals surface area contributed by atoms with Crippen LogP contribution in [0, 0.1) is 0 Å². The topological polar surface area (TPSA) is 79.9 Å². The monoisotopic (exact) mass is 355 g/mol. The molecule has 0 bridgehead atoms. The molecule has 2 saturated heterocycles. The van der Waals surface area contributed by atoms with Gasteiger partial charge in [-0.2, -0.15) is 0 Å². The third-order valence-electron chi connectivity index (χ3n) is 4.08. The van der Waals surface area contributed by atoms with Gasteiger partial charge in [-0.05, 0) is 17.7 Å². The van der Waals surface area contributed by atoms with Gasteiger partial charge in [0.2, 0.25) is 5.91 Å². The highest BCUT2D eigenvalue weighted by Gasteiger charge is 2.35. The molecule has 9 heteroatoms. The van der Waals surface area contributed by atoms with Crippen molar-refractivity contribution in [1.82, 2.24) is 10.6 Å². The molecule has 2 fully saturated rings. The SMILES string of the molecule is CC(=O)NC(c1cccc(N2C(F)COCC2F)c1)C1CNC(=O)O1.